The van der Waals surface area contributed by atoms with Gasteiger partial charge in [0.15, 0.2) is 5.78 Å². The SMILES string of the molecule is O=C1NC(=O)C(=C/C=C/c2ccc3c(c2)C(=O)C(c2ccc4ccccc4n2)=C3O)C(=O)N1. The zero-order chi connectivity index (χ0) is 23.1. The summed E-state index contributed by atoms with van der Waals surface area (Å²) in [6.07, 6.45) is 4.33. The van der Waals surface area contributed by atoms with Crippen LogP contribution < -0.4 is 10.6 Å². The zero-order valence-corrected chi connectivity index (χ0v) is 17.0. The van der Waals surface area contributed by atoms with Gasteiger partial charge in [0.05, 0.1) is 16.8 Å². The summed E-state index contributed by atoms with van der Waals surface area (Å²) >= 11 is 0. The number of pyridine rings is 1. The Balaban J connectivity index is 1.43. The van der Waals surface area contributed by atoms with Crippen LogP contribution in [-0.2, 0) is 9.59 Å². The number of nitrogens with one attached hydrogen (secondary N) is 2. The molecule has 0 radical (unpaired) electrons. The number of aliphatic hydroxyl groups excluding tert-OH is 1. The molecule has 1 aliphatic carbocycles. The Bertz CT molecular complexity index is 1470. The summed E-state index contributed by atoms with van der Waals surface area (Å²) in [6, 6.07) is 15.1. The molecule has 2 aromatic carbocycles. The van der Waals surface area contributed by atoms with E-state index in [2.05, 4.69) is 4.98 Å². The molecular weight excluding hydrogens is 422 g/mol. The molecule has 4 amide bonds. The lowest BCUT2D eigenvalue weighted by Crippen LogP contribution is -2.51. The third-order valence-corrected chi connectivity index (χ3v) is 5.36. The first-order valence-corrected chi connectivity index (χ1v) is 9.96. The third-order valence-electron chi connectivity index (χ3n) is 5.36. The molecule has 0 saturated carbocycles. The molecule has 8 nitrogen and oxygen atoms in total. The van der Waals surface area contributed by atoms with E-state index in [-0.39, 0.29) is 22.7 Å². The quantitative estimate of drug-likeness (QED) is 0.427. The molecule has 0 bridgehead atoms. The Morgan fingerprint density at radius 3 is 2.39 bits per heavy atom. The highest BCUT2D eigenvalue weighted by atomic mass is 16.3. The van der Waals surface area contributed by atoms with Crippen LogP contribution in [0.1, 0.15) is 27.2 Å². The first-order chi connectivity index (χ1) is 15.9. The minimum Gasteiger partial charge on any atom is -0.506 e. The van der Waals surface area contributed by atoms with Crippen LogP contribution in [-0.4, -0.2) is 33.7 Å². The fraction of sp³-hybridized carbons (Fsp3) is 0. The third kappa shape index (κ3) is 3.49. The number of aromatic nitrogens is 1. The van der Waals surface area contributed by atoms with Crippen molar-refractivity contribution in [3.8, 4) is 0 Å². The number of carbonyl (C=O) groups excluding carboxylic acids is 4. The number of Topliss-reactive ketones (excluding diaryl/α,β-unsaturated/α-hetero) is 1. The van der Waals surface area contributed by atoms with Gasteiger partial charge in [-0.15, -0.1) is 0 Å². The molecule has 8 heteroatoms. The van der Waals surface area contributed by atoms with Crippen molar-refractivity contribution >= 4 is 51.9 Å². The summed E-state index contributed by atoms with van der Waals surface area (Å²) < 4.78 is 0. The molecular formula is C25H15N3O5. The number of amides is 4. The van der Waals surface area contributed by atoms with Gasteiger partial charge in [-0.25, -0.2) is 9.78 Å². The van der Waals surface area contributed by atoms with E-state index in [9.17, 15) is 24.3 Å². The van der Waals surface area contributed by atoms with Crippen molar-refractivity contribution in [1.82, 2.24) is 15.6 Å². The summed E-state index contributed by atoms with van der Waals surface area (Å²) in [7, 11) is 0. The summed E-state index contributed by atoms with van der Waals surface area (Å²) in [4.78, 5) is 52.3. The van der Waals surface area contributed by atoms with Crippen molar-refractivity contribution in [2.45, 2.75) is 0 Å². The van der Waals surface area contributed by atoms with Crippen molar-refractivity contribution in [3.05, 3.63) is 94.7 Å². The standard InChI is InChI=1S/C25H15N3O5/c29-21-15-10-8-13(4-3-6-16-23(31)27-25(33)28-24(16)32)12-17(15)22(30)20(21)19-11-9-14-5-1-2-7-18(14)26-19/h1-12,29H,(H2,27,28,31,32,33)/b4-3+. The lowest BCUT2D eigenvalue weighted by molar-refractivity contribution is -0.124. The van der Waals surface area contributed by atoms with Gasteiger partial charge in [-0.05, 0) is 35.9 Å². The van der Waals surface area contributed by atoms with Gasteiger partial charge in [0.1, 0.15) is 11.3 Å². The van der Waals surface area contributed by atoms with Gasteiger partial charge in [-0.1, -0.05) is 42.5 Å². The number of fused-ring (bicyclic) bond motifs is 2. The number of hydrogen-bond acceptors (Lipinski definition) is 6. The number of allylic oxidation sites excluding steroid dienone is 3. The molecule has 0 unspecified atom stereocenters. The molecule has 1 aromatic heterocycles. The highest BCUT2D eigenvalue weighted by Crippen LogP contribution is 2.37. The highest BCUT2D eigenvalue weighted by molar-refractivity contribution is 6.38. The number of para-hydroxylation sites is 1. The van der Waals surface area contributed by atoms with E-state index in [1.165, 1.54) is 12.2 Å². The van der Waals surface area contributed by atoms with Gasteiger partial charge in [0, 0.05) is 16.5 Å². The van der Waals surface area contributed by atoms with Crippen molar-refractivity contribution in [2.75, 3.05) is 0 Å². The minimum atomic E-state index is -0.868. The maximum Gasteiger partial charge on any atom is 0.328 e. The Hall–Kier alpha value is -4.85. The van der Waals surface area contributed by atoms with E-state index >= 15 is 0 Å². The summed E-state index contributed by atoms with van der Waals surface area (Å²) in [5.74, 6) is -2.06. The fourth-order valence-corrected chi connectivity index (χ4v) is 3.76. The Morgan fingerprint density at radius 1 is 0.848 bits per heavy atom. The van der Waals surface area contributed by atoms with Gasteiger partial charge in [0.25, 0.3) is 11.8 Å². The molecule has 3 N–H and O–H groups in total. The van der Waals surface area contributed by atoms with E-state index in [1.54, 1.807) is 30.3 Å². The second-order valence-electron chi connectivity index (χ2n) is 7.42. The Morgan fingerprint density at radius 2 is 1.61 bits per heavy atom. The average Bonchev–Trinajstić information content (AvgIpc) is 3.04. The second kappa shape index (κ2) is 7.69. The summed E-state index contributed by atoms with van der Waals surface area (Å²) in [5, 5.41) is 15.6. The first-order valence-electron chi connectivity index (χ1n) is 9.96. The number of hydrogen-bond donors (Lipinski definition) is 3. The van der Waals surface area contributed by atoms with E-state index < -0.39 is 17.8 Å². The number of ketones is 1. The lowest BCUT2D eigenvalue weighted by Gasteiger charge is -2.12. The first kappa shape index (κ1) is 20.1. The van der Waals surface area contributed by atoms with Crippen molar-refractivity contribution in [1.29, 1.82) is 0 Å². The number of carbonyl (C=O) groups is 4. The monoisotopic (exact) mass is 437 g/mol. The predicted octanol–water partition coefficient (Wildman–Crippen LogP) is 3.16. The summed E-state index contributed by atoms with van der Waals surface area (Å²) in [5.41, 5.74) is 2.38. The maximum atomic E-state index is 13.1. The fourth-order valence-electron chi connectivity index (χ4n) is 3.76. The molecule has 5 rings (SSSR count). The van der Waals surface area contributed by atoms with Crippen molar-refractivity contribution < 1.29 is 24.3 Å². The number of barbiturate groups is 1. The molecule has 0 spiro atoms. The van der Waals surface area contributed by atoms with E-state index in [1.807, 2.05) is 41.0 Å². The van der Waals surface area contributed by atoms with Gasteiger partial charge in [-0.3, -0.25) is 25.0 Å². The normalized spacial score (nSPS) is 15.8. The molecule has 1 fully saturated rings. The molecule has 2 aliphatic rings. The largest absolute Gasteiger partial charge is 0.506 e. The predicted molar refractivity (Wildman–Crippen MR) is 121 cm³/mol. The van der Waals surface area contributed by atoms with Gasteiger partial charge >= 0.3 is 6.03 Å². The molecule has 33 heavy (non-hydrogen) atoms. The van der Waals surface area contributed by atoms with E-state index in [4.69, 9.17) is 0 Å². The van der Waals surface area contributed by atoms with E-state index in [0.717, 1.165) is 5.39 Å². The molecule has 0 atom stereocenters. The van der Waals surface area contributed by atoms with Crippen LogP contribution in [0.4, 0.5) is 4.79 Å². The van der Waals surface area contributed by atoms with Crippen LogP contribution in [0, 0.1) is 0 Å². The molecule has 1 saturated heterocycles. The topological polar surface area (TPSA) is 125 Å². The minimum absolute atomic E-state index is 0.129. The molecule has 160 valence electrons. The number of benzene rings is 2. The lowest BCUT2D eigenvalue weighted by atomic mass is 10.0. The summed E-state index contributed by atoms with van der Waals surface area (Å²) in [6.45, 7) is 0. The Labute approximate surface area is 186 Å². The van der Waals surface area contributed by atoms with Crippen LogP contribution in [0.3, 0.4) is 0 Å². The van der Waals surface area contributed by atoms with Gasteiger partial charge in [-0.2, -0.15) is 0 Å². The van der Waals surface area contributed by atoms with Crippen molar-refractivity contribution in [3.63, 3.8) is 0 Å². The van der Waals surface area contributed by atoms with Crippen LogP contribution >= 0.6 is 0 Å². The second-order valence-corrected chi connectivity index (χ2v) is 7.42. The number of rotatable bonds is 3. The Kier molecular flexibility index (Phi) is 4.68. The average molecular weight is 437 g/mol. The van der Waals surface area contributed by atoms with Crippen LogP contribution in [0.5, 0.6) is 0 Å². The molecule has 1 aliphatic heterocycles. The number of aliphatic hydroxyl groups is 1. The van der Waals surface area contributed by atoms with Gasteiger partial charge in [0.2, 0.25) is 0 Å². The number of imide groups is 2. The molecule has 2 heterocycles. The van der Waals surface area contributed by atoms with Crippen molar-refractivity contribution in [2.24, 2.45) is 0 Å². The van der Waals surface area contributed by atoms with Gasteiger partial charge < -0.3 is 5.11 Å². The van der Waals surface area contributed by atoms with Crippen LogP contribution in [0.2, 0.25) is 0 Å². The molecule has 3 aromatic rings. The zero-order valence-electron chi connectivity index (χ0n) is 17.0. The van der Waals surface area contributed by atoms with Crippen LogP contribution in [0.15, 0.2) is 72.3 Å². The number of nitrogens with zero attached hydrogens (tertiary/aromatic N) is 1. The smallest absolute Gasteiger partial charge is 0.328 e. The number of urea groups is 1. The van der Waals surface area contributed by atoms with Crippen LogP contribution in [0.25, 0.3) is 28.3 Å². The van der Waals surface area contributed by atoms with E-state index in [0.29, 0.717) is 27.9 Å². The maximum absolute atomic E-state index is 13.1. The highest BCUT2D eigenvalue weighted by Gasteiger charge is 2.32.